The van der Waals surface area contributed by atoms with Gasteiger partial charge in [0.2, 0.25) is 0 Å². The van der Waals surface area contributed by atoms with Gasteiger partial charge < -0.3 is 14.7 Å². The Balaban J connectivity index is 2.31. The van der Waals surface area contributed by atoms with Crippen LogP contribution in [0, 0.1) is 5.92 Å². The molecule has 0 aromatic rings. The first kappa shape index (κ1) is 11.3. The molecule has 0 aromatic carbocycles. The number of rotatable bonds is 2. The Hall–Kier alpha value is -0.770. The number of nitrogens with zero attached hydrogens (tertiary/aromatic N) is 1. The number of aliphatic hydroxyl groups is 1. The van der Waals surface area contributed by atoms with Crippen LogP contribution in [0.3, 0.4) is 0 Å². The maximum Gasteiger partial charge on any atom is 0.410 e. The summed E-state index contributed by atoms with van der Waals surface area (Å²) in [6.45, 7) is 8.37. The first-order chi connectivity index (χ1) is 6.30. The number of ether oxygens (including phenoxy) is 1. The van der Waals surface area contributed by atoms with Crippen molar-refractivity contribution in [2.24, 2.45) is 5.92 Å². The highest BCUT2D eigenvalue weighted by Gasteiger charge is 2.40. The third-order valence-corrected chi connectivity index (χ3v) is 2.48. The van der Waals surface area contributed by atoms with Crippen LogP contribution in [0.5, 0.6) is 0 Å². The summed E-state index contributed by atoms with van der Waals surface area (Å²) in [4.78, 5) is 12.9. The fourth-order valence-electron chi connectivity index (χ4n) is 1.35. The van der Waals surface area contributed by atoms with Crippen LogP contribution in [0.15, 0.2) is 0 Å². The van der Waals surface area contributed by atoms with E-state index in [0.29, 0.717) is 13.1 Å². The molecule has 0 atom stereocenters. The Bertz CT molecular complexity index is 214. The second-order valence-electron chi connectivity index (χ2n) is 4.69. The number of hydrogen-bond acceptors (Lipinski definition) is 3. The van der Waals surface area contributed by atoms with Crippen molar-refractivity contribution in [3.63, 3.8) is 0 Å². The third kappa shape index (κ3) is 2.61. The minimum atomic E-state index is -0.700. The van der Waals surface area contributed by atoms with E-state index in [4.69, 9.17) is 4.74 Å². The van der Waals surface area contributed by atoms with E-state index in [1.165, 1.54) is 0 Å². The predicted octanol–water partition coefficient (Wildman–Crippen LogP) is 1.23. The predicted molar refractivity (Wildman–Crippen MR) is 53.0 cm³/mol. The van der Waals surface area contributed by atoms with Gasteiger partial charge in [-0.15, -0.1) is 0 Å². The van der Waals surface area contributed by atoms with Crippen molar-refractivity contribution in [3.05, 3.63) is 0 Å². The van der Waals surface area contributed by atoms with Gasteiger partial charge in [-0.2, -0.15) is 0 Å². The monoisotopic (exact) mass is 201 g/mol. The van der Waals surface area contributed by atoms with Crippen molar-refractivity contribution >= 4 is 6.09 Å². The van der Waals surface area contributed by atoms with Crippen LogP contribution in [0.25, 0.3) is 0 Å². The Morgan fingerprint density at radius 1 is 1.50 bits per heavy atom. The van der Waals surface area contributed by atoms with Crippen LogP contribution in [0.4, 0.5) is 4.79 Å². The molecule has 4 heteroatoms. The van der Waals surface area contributed by atoms with E-state index < -0.39 is 5.60 Å². The summed E-state index contributed by atoms with van der Waals surface area (Å²) in [5.74, 6) is 0.169. The molecule has 1 amide bonds. The van der Waals surface area contributed by atoms with Gasteiger partial charge in [0.25, 0.3) is 0 Å². The first-order valence-corrected chi connectivity index (χ1v) is 4.98. The van der Waals surface area contributed by atoms with Gasteiger partial charge in [0, 0.05) is 19.0 Å². The topological polar surface area (TPSA) is 49.8 Å². The average Bonchev–Trinajstić information content (AvgIpc) is 1.75. The van der Waals surface area contributed by atoms with Gasteiger partial charge in [-0.3, -0.25) is 0 Å². The molecule has 1 saturated heterocycles. The molecular weight excluding hydrogens is 182 g/mol. The third-order valence-electron chi connectivity index (χ3n) is 2.48. The molecular formula is C10H19NO3. The maximum atomic E-state index is 11.3. The zero-order chi connectivity index (χ0) is 10.9. The molecule has 1 N–H and O–H groups in total. The Morgan fingerprint density at radius 3 is 2.36 bits per heavy atom. The first-order valence-electron chi connectivity index (χ1n) is 4.98. The van der Waals surface area contributed by atoms with Gasteiger partial charge in [-0.25, -0.2) is 4.79 Å². The fourth-order valence-corrected chi connectivity index (χ4v) is 1.35. The Morgan fingerprint density at radius 2 is 2.00 bits per heavy atom. The highest BCUT2D eigenvalue weighted by atomic mass is 16.6. The zero-order valence-corrected chi connectivity index (χ0v) is 9.28. The molecule has 1 rings (SSSR count). The molecule has 0 unspecified atom stereocenters. The molecule has 0 spiro atoms. The van der Waals surface area contributed by atoms with Crippen molar-refractivity contribution in [1.29, 1.82) is 0 Å². The lowest BCUT2D eigenvalue weighted by Gasteiger charge is -2.44. The normalized spacial score (nSPS) is 18.3. The van der Waals surface area contributed by atoms with Crippen molar-refractivity contribution in [1.82, 2.24) is 4.90 Å². The van der Waals surface area contributed by atoms with Crippen molar-refractivity contribution in [2.75, 3.05) is 13.1 Å². The van der Waals surface area contributed by atoms with Crippen LogP contribution in [-0.2, 0) is 4.74 Å². The number of carbonyl (C=O) groups excluding carboxylic acids is 1. The molecule has 1 fully saturated rings. The van der Waals surface area contributed by atoms with Gasteiger partial charge in [-0.05, 0) is 27.7 Å². The lowest BCUT2D eigenvalue weighted by molar-refractivity contribution is -0.0595. The van der Waals surface area contributed by atoms with Gasteiger partial charge >= 0.3 is 6.09 Å². The van der Waals surface area contributed by atoms with Crippen LogP contribution >= 0.6 is 0 Å². The average molecular weight is 201 g/mol. The highest BCUT2D eigenvalue weighted by molar-refractivity contribution is 5.68. The van der Waals surface area contributed by atoms with Crippen LogP contribution in [-0.4, -0.2) is 40.9 Å². The molecule has 1 aliphatic heterocycles. The standard InChI is InChI=1S/C10H19NO3/c1-7(2)14-9(12)11-5-8(6-11)10(3,4)13/h7-8,13H,5-6H2,1-4H3. The second kappa shape index (κ2) is 3.77. The molecule has 0 radical (unpaired) electrons. The van der Waals surface area contributed by atoms with E-state index in [9.17, 15) is 9.90 Å². The van der Waals surface area contributed by atoms with Crippen LogP contribution in [0.2, 0.25) is 0 Å². The van der Waals surface area contributed by atoms with Gasteiger partial charge in [-0.1, -0.05) is 0 Å². The lowest BCUT2D eigenvalue weighted by atomic mass is 9.85. The summed E-state index contributed by atoms with van der Waals surface area (Å²) in [5, 5.41) is 9.64. The summed E-state index contributed by atoms with van der Waals surface area (Å²) in [7, 11) is 0. The largest absolute Gasteiger partial charge is 0.447 e. The minimum absolute atomic E-state index is 0.0799. The number of likely N-dealkylation sites (tertiary alicyclic amines) is 1. The molecule has 82 valence electrons. The summed E-state index contributed by atoms with van der Waals surface area (Å²) in [5.41, 5.74) is -0.700. The number of carbonyl (C=O) groups is 1. The van der Waals surface area contributed by atoms with E-state index in [0.717, 1.165) is 0 Å². The van der Waals surface area contributed by atoms with Crippen LogP contribution < -0.4 is 0 Å². The van der Waals surface area contributed by atoms with E-state index in [1.54, 1.807) is 18.7 Å². The summed E-state index contributed by atoms with van der Waals surface area (Å²) in [6, 6.07) is 0. The highest BCUT2D eigenvalue weighted by Crippen LogP contribution is 2.27. The molecule has 0 aliphatic carbocycles. The number of amides is 1. The fraction of sp³-hybridized carbons (Fsp3) is 0.900. The van der Waals surface area contributed by atoms with E-state index in [-0.39, 0.29) is 18.1 Å². The Labute approximate surface area is 84.8 Å². The van der Waals surface area contributed by atoms with Crippen molar-refractivity contribution in [3.8, 4) is 0 Å². The summed E-state index contributed by atoms with van der Waals surface area (Å²) < 4.78 is 5.02. The van der Waals surface area contributed by atoms with E-state index >= 15 is 0 Å². The Kier molecular flexibility index (Phi) is 3.04. The second-order valence-corrected chi connectivity index (χ2v) is 4.69. The molecule has 1 aliphatic rings. The van der Waals surface area contributed by atoms with Crippen LogP contribution in [0.1, 0.15) is 27.7 Å². The molecule has 0 bridgehead atoms. The molecule has 14 heavy (non-hydrogen) atoms. The molecule has 4 nitrogen and oxygen atoms in total. The number of hydrogen-bond donors (Lipinski definition) is 1. The lowest BCUT2D eigenvalue weighted by Crippen LogP contribution is -2.57. The zero-order valence-electron chi connectivity index (χ0n) is 9.28. The SMILES string of the molecule is CC(C)OC(=O)N1CC(C(C)(C)O)C1. The quantitative estimate of drug-likeness (QED) is 0.731. The van der Waals surface area contributed by atoms with Crippen molar-refractivity contribution < 1.29 is 14.6 Å². The van der Waals surface area contributed by atoms with Crippen molar-refractivity contribution in [2.45, 2.75) is 39.4 Å². The van der Waals surface area contributed by atoms with E-state index in [1.807, 2.05) is 13.8 Å². The maximum absolute atomic E-state index is 11.3. The van der Waals surface area contributed by atoms with Gasteiger partial charge in [0.15, 0.2) is 0 Å². The summed E-state index contributed by atoms with van der Waals surface area (Å²) >= 11 is 0. The smallest absolute Gasteiger partial charge is 0.410 e. The van der Waals surface area contributed by atoms with Gasteiger partial charge in [0.05, 0.1) is 11.7 Å². The minimum Gasteiger partial charge on any atom is -0.447 e. The molecule has 0 saturated carbocycles. The van der Waals surface area contributed by atoms with Gasteiger partial charge in [0.1, 0.15) is 0 Å². The molecule has 1 heterocycles. The summed E-state index contributed by atoms with van der Waals surface area (Å²) in [6.07, 6.45) is -0.357. The van der Waals surface area contributed by atoms with E-state index in [2.05, 4.69) is 0 Å². The molecule has 0 aromatic heterocycles.